The molecular formula is C18H22FN3O3S. The quantitative estimate of drug-likeness (QED) is 0.568. The molecule has 0 bridgehead atoms. The molecule has 0 saturated carbocycles. The van der Waals surface area contributed by atoms with Crippen molar-refractivity contribution in [3.63, 3.8) is 0 Å². The number of rotatable bonds is 7. The summed E-state index contributed by atoms with van der Waals surface area (Å²) in [7, 11) is -0.518. The van der Waals surface area contributed by atoms with E-state index >= 15 is 0 Å². The van der Waals surface area contributed by atoms with Crippen LogP contribution in [-0.2, 0) is 16.4 Å². The van der Waals surface area contributed by atoms with Crippen molar-refractivity contribution in [3.05, 3.63) is 59.9 Å². The summed E-state index contributed by atoms with van der Waals surface area (Å²) in [6, 6.07) is 12.9. The summed E-state index contributed by atoms with van der Waals surface area (Å²) in [6.45, 7) is 0.603. The molecule has 2 rings (SSSR count). The van der Waals surface area contributed by atoms with E-state index in [2.05, 4.69) is 15.6 Å². The van der Waals surface area contributed by atoms with Gasteiger partial charge in [-0.05, 0) is 29.8 Å². The van der Waals surface area contributed by atoms with Gasteiger partial charge in [-0.2, -0.15) is 0 Å². The highest BCUT2D eigenvalue weighted by Gasteiger charge is 2.18. The smallest absolute Gasteiger partial charge is 0.191 e. The van der Waals surface area contributed by atoms with E-state index in [1.807, 2.05) is 24.3 Å². The van der Waals surface area contributed by atoms with Crippen LogP contribution in [0.15, 0.2) is 58.4 Å². The zero-order valence-corrected chi connectivity index (χ0v) is 15.5. The Morgan fingerprint density at radius 1 is 1.15 bits per heavy atom. The number of aliphatic imine (C=N–C) groups is 1. The first kappa shape index (κ1) is 19.7. The molecule has 0 heterocycles. The topological polar surface area (TPSA) is 79.8 Å². The SMILES string of the molecule is CN=C(NCCS(=O)(=O)c1ccccc1F)NCc1cccc(OC)c1. The molecule has 0 unspecified atom stereocenters. The fraction of sp³-hybridized carbons (Fsp3) is 0.278. The van der Waals surface area contributed by atoms with Crippen LogP contribution in [0.25, 0.3) is 0 Å². The van der Waals surface area contributed by atoms with Crippen LogP contribution in [0.3, 0.4) is 0 Å². The van der Waals surface area contributed by atoms with Crippen LogP contribution in [-0.4, -0.2) is 40.8 Å². The van der Waals surface area contributed by atoms with Crippen LogP contribution in [0.4, 0.5) is 4.39 Å². The molecule has 26 heavy (non-hydrogen) atoms. The lowest BCUT2D eigenvalue weighted by Gasteiger charge is -2.13. The van der Waals surface area contributed by atoms with Crippen molar-refractivity contribution in [1.82, 2.24) is 10.6 Å². The Hall–Kier alpha value is -2.61. The number of methoxy groups -OCH3 is 1. The number of hydrogen-bond donors (Lipinski definition) is 2. The minimum atomic E-state index is -3.71. The monoisotopic (exact) mass is 379 g/mol. The molecule has 0 aliphatic heterocycles. The Bertz CT molecular complexity index is 869. The standard InChI is InChI=1S/C18H22FN3O3S/c1-20-18(22-13-14-6-5-7-15(12-14)25-2)21-10-11-26(23,24)17-9-4-3-8-16(17)19/h3-9,12H,10-11,13H2,1-2H3,(H2,20,21,22). The van der Waals surface area contributed by atoms with Crippen molar-refractivity contribution in [2.45, 2.75) is 11.4 Å². The Morgan fingerprint density at radius 2 is 1.92 bits per heavy atom. The Labute approximate surface area is 153 Å². The van der Waals surface area contributed by atoms with Crippen molar-refractivity contribution < 1.29 is 17.5 Å². The van der Waals surface area contributed by atoms with Gasteiger partial charge < -0.3 is 15.4 Å². The van der Waals surface area contributed by atoms with Gasteiger partial charge >= 0.3 is 0 Å². The maximum Gasteiger partial charge on any atom is 0.191 e. The molecule has 0 saturated heterocycles. The zero-order chi connectivity index (χ0) is 19.0. The van der Waals surface area contributed by atoms with Gasteiger partial charge in [-0.25, -0.2) is 12.8 Å². The third kappa shape index (κ3) is 5.45. The number of benzene rings is 2. The average Bonchev–Trinajstić information content (AvgIpc) is 2.64. The normalized spacial score (nSPS) is 11.9. The summed E-state index contributed by atoms with van der Waals surface area (Å²) in [5.74, 6) is 0.223. The largest absolute Gasteiger partial charge is 0.497 e. The van der Waals surface area contributed by atoms with Gasteiger partial charge in [0, 0.05) is 20.1 Å². The predicted molar refractivity (Wildman–Crippen MR) is 99.6 cm³/mol. The lowest BCUT2D eigenvalue weighted by Crippen LogP contribution is -2.39. The molecule has 2 N–H and O–H groups in total. The van der Waals surface area contributed by atoms with Gasteiger partial charge in [0.05, 0.1) is 12.9 Å². The highest BCUT2D eigenvalue weighted by molar-refractivity contribution is 7.91. The third-order valence-corrected chi connectivity index (χ3v) is 5.40. The van der Waals surface area contributed by atoms with Crippen molar-refractivity contribution in [3.8, 4) is 5.75 Å². The summed E-state index contributed by atoms with van der Waals surface area (Å²) in [5, 5.41) is 6.01. The maximum absolute atomic E-state index is 13.7. The first-order valence-corrected chi connectivity index (χ1v) is 9.66. The second kappa shape index (κ2) is 9.19. The summed E-state index contributed by atoms with van der Waals surface area (Å²) < 4.78 is 43.3. The second-order valence-electron chi connectivity index (χ2n) is 5.45. The van der Waals surface area contributed by atoms with Gasteiger partial charge in [-0.3, -0.25) is 4.99 Å². The minimum Gasteiger partial charge on any atom is -0.497 e. The lowest BCUT2D eigenvalue weighted by molar-refractivity contribution is 0.414. The van der Waals surface area contributed by atoms with E-state index in [-0.39, 0.29) is 17.2 Å². The van der Waals surface area contributed by atoms with Crippen LogP contribution in [0.2, 0.25) is 0 Å². The first-order chi connectivity index (χ1) is 12.5. The molecule has 0 spiro atoms. The number of sulfone groups is 1. The molecule has 0 aliphatic carbocycles. The molecule has 0 aromatic heterocycles. The first-order valence-electron chi connectivity index (χ1n) is 8.01. The molecule has 8 heteroatoms. The molecule has 2 aromatic rings. The number of guanidine groups is 1. The zero-order valence-electron chi connectivity index (χ0n) is 14.7. The Kier molecular flexibility index (Phi) is 6.97. The van der Waals surface area contributed by atoms with Gasteiger partial charge in [0.15, 0.2) is 15.8 Å². The number of nitrogens with zero attached hydrogens (tertiary/aromatic N) is 1. The number of nitrogens with one attached hydrogen (secondary N) is 2. The van der Waals surface area contributed by atoms with E-state index in [4.69, 9.17) is 4.74 Å². The van der Waals surface area contributed by atoms with Crippen LogP contribution < -0.4 is 15.4 Å². The number of hydrogen-bond acceptors (Lipinski definition) is 4. The fourth-order valence-corrected chi connectivity index (χ4v) is 3.54. The summed E-state index contributed by atoms with van der Waals surface area (Å²) in [5.41, 5.74) is 0.992. The molecule has 2 aromatic carbocycles. The van der Waals surface area contributed by atoms with E-state index in [1.54, 1.807) is 14.2 Å². The molecule has 0 fully saturated rings. The van der Waals surface area contributed by atoms with Crippen molar-refractivity contribution in [2.75, 3.05) is 26.5 Å². The number of ether oxygens (including phenoxy) is 1. The van der Waals surface area contributed by atoms with Gasteiger partial charge in [-0.1, -0.05) is 24.3 Å². The molecule has 0 atom stereocenters. The van der Waals surface area contributed by atoms with Crippen LogP contribution in [0.5, 0.6) is 5.75 Å². The van der Waals surface area contributed by atoms with Crippen LogP contribution in [0, 0.1) is 5.82 Å². The molecular weight excluding hydrogens is 357 g/mol. The Morgan fingerprint density at radius 3 is 2.62 bits per heavy atom. The lowest BCUT2D eigenvalue weighted by atomic mass is 10.2. The minimum absolute atomic E-state index is 0.106. The average molecular weight is 379 g/mol. The summed E-state index contributed by atoms with van der Waals surface area (Å²) in [4.78, 5) is 3.76. The molecule has 0 radical (unpaired) electrons. The van der Waals surface area contributed by atoms with Crippen LogP contribution >= 0.6 is 0 Å². The van der Waals surface area contributed by atoms with Crippen molar-refractivity contribution in [2.24, 2.45) is 4.99 Å². The highest BCUT2D eigenvalue weighted by atomic mass is 32.2. The molecule has 6 nitrogen and oxygen atoms in total. The van der Waals surface area contributed by atoms with Gasteiger partial charge in [0.25, 0.3) is 0 Å². The van der Waals surface area contributed by atoms with Gasteiger partial charge in [-0.15, -0.1) is 0 Å². The third-order valence-electron chi connectivity index (χ3n) is 3.65. The highest BCUT2D eigenvalue weighted by Crippen LogP contribution is 2.15. The van der Waals surface area contributed by atoms with E-state index in [9.17, 15) is 12.8 Å². The predicted octanol–water partition coefficient (Wildman–Crippen LogP) is 1.97. The van der Waals surface area contributed by atoms with Gasteiger partial charge in [0.2, 0.25) is 0 Å². The molecule has 0 aliphatic rings. The van der Waals surface area contributed by atoms with Gasteiger partial charge in [0.1, 0.15) is 16.5 Å². The summed E-state index contributed by atoms with van der Waals surface area (Å²) in [6.07, 6.45) is 0. The molecule has 0 amide bonds. The summed E-state index contributed by atoms with van der Waals surface area (Å²) >= 11 is 0. The number of halogens is 1. The second-order valence-corrected chi connectivity index (χ2v) is 7.53. The van der Waals surface area contributed by atoms with E-state index in [0.29, 0.717) is 12.5 Å². The van der Waals surface area contributed by atoms with E-state index in [0.717, 1.165) is 17.4 Å². The van der Waals surface area contributed by atoms with E-state index < -0.39 is 15.7 Å². The van der Waals surface area contributed by atoms with Crippen LogP contribution in [0.1, 0.15) is 5.56 Å². The van der Waals surface area contributed by atoms with E-state index in [1.165, 1.54) is 18.2 Å². The van der Waals surface area contributed by atoms with Crippen molar-refractivity contribution >= 4 is 15.8 Å². The fourth-order valence-electron chi connectivity index (χ4n) is 2.30. The maximum atomic E-state index is 13.7. The van der Waals surface area contributed by atoms with Crippen molar-refractivity contribution in [1.29, 1.82) is 0 Å². The Balaban J connectivity index is 1.88. The molecule has 140 valence electrons.